The molecule has 5 heteroatoms. The number of hydrogen-bond acceptors (Lipinski definition) is 3. The van der Waals surface area contributed by atoms with Gasteiger partial charge >= 0.3 is 0 Å². The second kappa shape index (κ2) is 5.70. The summed E-state index contributed by atoms with van der Waals surface area (Å²) >= 11 is 5.33. The van der Waals surface area contributed by atoms with Crippen molar-refractivity contribution < 1.29 is 4.79 Å². The maximum atomic E-state index is 11.5. The van der Waals surface area contributed by atoms with Gasteiger partial charge in [-0.05, 0) is 36.9 Å². The average Bonchev–Trinajstić information content (AvgIpc) is 2.99. The number of likely N-dealkylation sites (tertiary alicyclic amines) is 1. The first-order chi connectivity index (χ1) is 9.60. The van der Waals surface area contributed by atoms with Crippen LogP contribution in [0.4, 0.5) is 0 Å². The molecule has 3 nitrogen and oxygen atoms in total. The summed E-state index contributed by atoms with van der Waals surface area (Å²) in [5.41, 5.74) is 1.58. The zero-order valence-electron chi connectivity index (χ0n) is 11.6. The predicted molar refractivity (Wildman–Crippen MR) is 85.9 cm³/mol. The molecule has 1 atom stereocenters. The normalized spacial score (nSPS) is 26.4. The smallest absolute Gasteiger partial charge is 0.220 e. The molecule has 2 aliphatic heterocycles. The molecule has 2 saturated heterocycles. The SMILES string of the molecule is CSc1cc(Br)ccc1CN1CCC2(CNC(=O)C2)C1. The van der Waals surface area contributed by atoms with E-state index in [1.165, 1.54) is 10.5 Å². The number of thioether (sulfide) groups is 1. The fourth-order valence-electron chi connectivity index (χ4n) is 3.29. The molecule has 1 aromatic carbocycles. The molecule has 20 heavy (non-hydrogen) atoms. The Bertz CT molecular complexity index is 537. The summed E-state index contributed by atoms with van der Waals surface area (Å²) in [7, 11) is 0. The second-order valence-electron chi connectivity index (χ2n) is 5.87. The lowest BCUT2D eigenvalue weighted by molar-refractivity contribution is -0.119. The van der Waals surface area contributed by atoms with Crippen molar-refractivity contribution in [1.29, 1.82) is 0 Å². The number of nitrogens with one attached hydrogen (secondary N) is 1. The molecule has 0 aromatic heterocycles. The monoisotopic (exact) mass is 354 g/mol. The van der Waals surface area contributed by atoms with Crippen molar-refractivity contribution in [3.05, 3.63) is 28.2 Å². The molecular formula is C15H19BrN2OS. The predicted octanol–water partition coefficient (Wildman–Crippen LogP) is 2.88. The van der Waals surface area contributed by atoms with E-state index in [1.54, 1.807) is 11.8 Å². The van der Waals surface area contributed by atoms with Crippen LogP contribution in [0.25, 0.3) is 0 Å². The fourth-order valence-corrected chi connectivity index (χ4v) is 4.45. The van der Waals surface area contributed by atoms with Gasteiger partial charge in [0.15, 0.2) is 0 Å². The van der Waals surface area contributed by atoms with E-state index < -0.39 is 0 Å². The van der Waals surface area contributed by atoms with E-state index in [-0.39, 0.29) is 11.3 Å². The molecule has 0 aliphatic carbocycles. The van der Waals surface area contributed by atoms with Crippen molar-refractivity contribution in [1.82, 2.24) is 10.2 Å². The molecule has 2 heterocycles. The Morgan fingerprint density at radius 1 is 1.50 bits per heavy atom. The van der Waals surface area contributed by atoms with Crippen LogP contribution in [0.5, 0.6) is 0 Å². The van der Waals surface area contributed by atoms with Gasteiger partial charge in [-0.1, -0.05) is 22.0 Å². The Balaban J connectivity index is 1.69. The van der Waals surface area contributed by atoms with Gasteiger partial charge in [0.2, 0.25) is 5.91 Å². The molecule has 1 N–H and O–H groups in total. The lowest BCUT2D eigenvalue weighted by Gasteiger charge is -2.22. The topological polar surface area (TPSA) is 32.3 Å². The van der Waals surface area contributed by atoms with Crippen LogP contribution < -0.4 is 5.32 Å². The van der Waals surface area contributed by atoms with Crippen molar-refractivity contribution in [2.75, 3.05) is 25.9 Å². The molecule has 1 aromatic rings. The third-order valence-corrected chi connectivity index (χ3v) is 5.67. The molecule has 0 saturated carbocycles. The zero-order chi connectivity index (χ0) is 14.2. The summed E-state index contributed by atoms with van der Waals surface area (Å²) in [6.07, 6.45) is 3.96. The lowest BCUT2D eigenvalue weighted by atomic mass is 9.86. The van der Waals surface area contributed by atoms with Crippen molar-refractivity contribution in [3.63, 3.8) is 0 Å². The van der Waals surface area contributed by atoms with Crippen molar-refractivity contribution in [3.8, 4) is 0 Å². The quantitative estimate of drug-likeness (QED) is 0.847. The van der Waals surface area contributed by atoms with E-state index in [9.17, 15) is 4.79 Å². The van der Waals surface area contributed by atoms with Gasteiger partial charge in [0, 0.05) is 40.8 Å². The summed E-state index contributed by atoms with van der Waals surface area (Å²) < 4.78 is 1.13. The number of carbonyl (C=O) groups excluding carboxylic acids is 1. The van der Waals surface area contributed by atoms with Crippen LogP contribution in [-0.2, 0) is 11.3 Å². The molecule has 1 unspecified atom stereocenters. The van der Waals surface area contributed by atoms with Crippen LogP contribution in [0.2, 0.25) is 0 Å². The standard InChI is InChI=1S/C15H19BrN2OS/c1-20-13-6-12(16)3-2-11(13)8-18-5-4-15(10-18)7-14(19)17-9-15/h2-3,6H,4-5,7-10H2,1H3,(H,17,19). The van der Waals surface area contributed by atoms with Gasteiger partial charge in [0.05, 0.1) is 0 Å². The Morgan fingerprint density at radius 3 is 3.05 bits per heavy atom. The highest BCUT2D eigenvalue weighted by Crippen LogP contribution is 2.37. The molecule has 0 radical (unpaired) electrons. The Kier molecular flexibility index (Phi) is 4.11. The number of rotatable bonds is 3. The summed E-state index contributed by atoms with van der Waals surface area (Å²) in [6.45, 7) is 3.98. The molecule has 1 spiro atoms. The van der Waals surface area contributed by atoms with Crippen LogP contribution in [0.1, 0.15) is 18.4 Å². The second-order valence-corrected chi connectivity index (χ2v) is 7.63. The van der Waals surface area contributed by atoms with Crippen LogP contribution in [0, 0.1) is 5.41 Å². The van der Waals surface area contributed by atoms with Crippen molar-refractivity contribution >= 4 is 33.6 Å². The van der Waals surface area contributed by atoms with Gasteiger partial charge in [0.1, 0.15) is 0 Å². The number of nitrogens with zero attached hydrogens (tertiary/aromatic N) is 1. The van der Waals surface area contributed by atoms with Crippen molar-refractivity contribution in [2.45, 2.75) is 24.3 Å². The Morgan fingerprint density at radius 2 is 2.35 bits per heavy atom. The first kappa shape index (κ1) is 14.4. The van der Waals surface area contributed by atoms with Crippen LogP contribution >= 0.6 is 27.7 Å². The number of carbonyl (C=O) groups is 1. The fraction of sp³-hybridized carbons (Fsp3) is 0.533. The minimum absolute atomic E-state index is 0.200. The first-order valence-corrected chi connectivity index (χ1v) is 8.93. The lowest BCUT2D eigenvalue weighted by Crippen LogP contribution is -2.29. The maximum Gasteiger partial charge on any atom is 0.220 e. The molecular weight excluding hydrogens is 336 g/mol. The summed E-state index contributed by atoms with van der Waals surface area (Å²) in [4.78, 5) is 15.3. The number of benzene rings is 1. The van der Waals surface area contributed by atoms with Gasteiger partial charge in [-0.2, -0.15) is 0 Å². The molecule has 1 amide bonds. The van der Waals surface area contributed by atoms with Gasteiger partial charge in [-0.25, -0.2) is 0 Å². The minimum Gasteiger partial charge on any atom is -0.355 e. The zero-order valence-corrected chi connectivity index (χ0v) is 14.0. The van der Waals surface area contributed by atoms with Crippen molar-refractivity contribution in [2.24, 2.45) is 5.41 Å². The van der Waals surface area contributed by atoms with E-state index in [4.69, 9.17) is 0 Å². The van der Waals surface area contributed by atoms with Gasteiger partial charge < -0.3 is 5.32 Å². The van der Waals surface area contributed by atoms with Crippen LogP contribution in [0.3, 0.4) is 0 Å². The molecule has 108 valence electrons. The van der Waals surface area contributed by atoms with E-state index >= 15 is 0 Å². The third-order valence-electron chi connectivity index (χ3n) is 4.36. The molecule has 3 rings (SSSR count). The van der Waals surface area contributed by atoms with E-state index in [0.29, 0.717) is 6.42 Å². The van der Waals surface area contributed by atoms with E-state index in [2.05, 4.69) is 50.6 Å². The summed E-state index contributed by atoms with van der Waals surface area (Å²) in [5.74, 6) is 0.222. The Labute approximate surface area is 132 Å². The van der Waals surface area contributed by atoms with Gasteiger partial charge in [-0.3, -0.25) is 9.69 Å². The molecule has 2 aliphatic rings. The number of hydrogen-bond donors (Lipinski definition) is 1. The highest BCUT2D eigenvalue weighted by atomic mass is 79.9. The third kappa shape index (κ3) is 2.90. The maximum absolute atomic E-state index is 11.5. The molecule has 2 fully saturated rings. The molecule has 0 bridgehead atoms. The van der Waals surface area contributed by atoms with Crippen LogP contribution in [-0.4, -0.2) is 36.7 Å². The average molecular weight is 355 g/mol. The van der Waals surface area contributed by atoms with E-state index in [1.807, 2.05) is 0 Å². The Hall–Kier alpha value is -0.520. The van der Waals surface area contributed by atoms with Crippen LogP contribution in [0.15, 0.2) is 27.6 Å². The minimum atomic E-state index is 0.200. The first-order valence-electron chi connectivity index (χ1n) is 6.92. The van der Waals surface area contributed by atoms with Gasteiger partial charge in [0.25, 0.3) is 0 Å². The van der Waals surface area contributed by atoms with Gasteiger partial charge in [-0.15, -0.1) is 11.8 Å². The van der Waals surface area contributed by atoms with E-state index in [0.717, 1.165) is 37.1 Å². The largest absolute Gasteiger partial charge is 0.355 e. The summed E-state index contributed by atoms with van der Waals surface area (Å²) in [5, 5.41) is 2.99. The highest BCUT2D eigenvalue weighted by molar-refractivity contribution is 9.10. The number of amides is 1. The highest BCUT2D eigenvalue weighted by Gasteiger charge is 2.43. The summed E-state index contributed by atoms with van der Waals surface area (Å²) in [6, 6.07) is 6.51. The number of halogens is 1.